The van der Waals surface area contributed by atoms with E-state index in [4.69, 9.17) is 0 Å². The van der Waals surface area contributed by atoms with E-state index < -0.39 is 17.7 Å². The predicted molar refractivity (Wildman–Crippen MR) is 57.9 cm³/mol. The molecule has 88 valence electrons. The van der Waals surface area contributed by atoms with Crippen LogP contribution in [0.15, 0.2) is 12.1 Å². The molecule has 1 aromatic rings. The highest BCUT2D eigenvalue weighted by molar-refractivity contribution is 14.1. The molecule has 0 unspecified atom stereocenters. The lowest BCUT2D eigenvalue weighted by Gasteiger charge is -2.09. The van der Waals surface area contributed by atoms with E-state index in [0.29, 0.717) is 0 Å². The highest BCUT2D eigenvalue weighted by Crippen LogP contribution is 2.31. The molecule has 0 saturated heterocycles. The van der Waals surface area contributed by atoms with Crippen LogP contribution in [0.25, 0.3) is 0 Å². The summed E-state index contributed by atoms with van der Waals surface area (Å²) in [6.07, 6.45) is -4.46. The lowest BCUT2D eigenvalue weighted by Crippen LogP contribution is -2.13. The Morgan fingerprint density at radius 2 is 2.12 bits per heavy atom. The molecular weight excluding hydrogens is 338 g/mol. The van der Waals surface area contributed by atoms with Gasteiger partial charge in [0, 0.05) is 0 Å². The molecule has 16 heavy (non-hydrogen) atoms. The highest BCUT2D eigenvalue weighted by atomic mass is 127. The van der Waals surface area contributed by atoms with Crippen LogP contribution in [0.2, 0.25) is 0 Å². The lowest BCUT2D eigenvalue weighted by molar-refractivity contribution is -0.138. The molecule has 0 radical (unpaired) electrons. The lowest BCUT2D eigenvalue weighted by atomic mass is 10.2. The van der Waals surface area contributed by atoms with Crippen molar-refractivity contribution in [3.63, 3.8) is 0 Å². The number of ether oxygens (including phenoxy) is 1. The molecule has 0 N–H and O–H groups in total. The molecule has 0 aliphatic heterocycles. The van der Waals surface area contributed by atoms with E-state index in [9.17, 15) is 18.0 Å². The number of rotatable bonds is 2. The molecule has 0 aromatic carbocycles. The van der Waals surface area contributed by atoms with Gasteiger partial charge in [-0.3, -0.25) is 0 Å². The van der Waals surface area contributed by atoms with Gasteiger partial charge in [-0.1, -0.05) is 0 Å². The Hall–Kier alpha value is -0.860. The Morgan fingerprint density at radius 3 is 2.56 bits per heavy atom. The van der Waals surface area contributed by atoms with Gasteiger partial charge in [-0.05, 0) is 41.6 Å². The molecule has 3 nitrogen and oxygen atoms in total. The average molecular weight is 345 g/mol. The van der Waals surface area contributed by atoms with Crippen molar-refractivity contribution in [2.75, 3.05) is 6.61 Å². The van der Waals surface area contributed by atoms with Gasteiger partial charge >= 0.3 is 12.1 Å². The number of alkyl halides is 3. The van der Waals surface area contributed by atoms with Crippen molar-refractivity contribution in [2.45, 2.75) is 13.1 Å². The number of halogens is 4. The zero-order valence-electron chi connectivity index (χ0n) is 8.14. The minimum Gasteiger partial charge on any atom is -0.461 e. The average Bonchev–Trinajstić information content (AvgIpc) is 2.16. The van der Waals surface area contributed by atoms with Crippen LogP contribution in [-0.4, -0.2) is 17.6 Å². The second-order valence-electron chi connectivity index (χ2n) is 2.75. The van der Waals surface area contributed by atoms with Crippen LogP contribution in [0.3, 0.4) is 0 Å². The fourth-order valence-electron chi connectivity index (χ4n) is 0.964. The first-order valence-corrected chi connectivity index (χ1v) is 5.35. The zero-order valence-corrected chi connectivity index (χ0v) is 10.3. The Morgan fingerprint density at radius 1 is 1.50 bits per heavy atom. The monoisotopic (exact) mass is 345 g/mol. The molecule has 0 amide bonds. The van der Waals surface area contributed by atoms with E-state index in [1.807, 2.05) is 0 Å². The van der Waals surface area contributed by atoms with Crippen molar-refractivity contribution in [1.82, 2.24) is 4.98 Å². The molecule has 1 rings (SSSR count). The molecule has 0 spiro atoms. The van der Waals surface area contributed by atoms with Gasteiger partial charge in [0.25, 0.3) is 0 Å². The molecule has 0 saturated carbocycles. The number of pyridine rings is 1. The van der Waals surface area contributed by atoms with Crippen molar-refractivity contribution in [3.05, 3.63) is 27.1 Å². The summed E-state index contributed by atoms with van der Waals surface area (Å²) in [6, 6.07) is 1.82. The number of carbonyl (C=O) groups excluding carboxylic acids is 1. The third-order valence-electron chi connectivity index (χ3n) is 1.64. The van der Waals surface area contributed by atoms with Gasteiger partial charge in [0.05, 0.1) is 12.2 Å². The molecule has 7 heteroatoms. The maximum absolute atomic E-state index is 12.4. The number of hydrogen-bond donors (Lipinski definition) is 0. The Kier molecular flexibility index (Phi) is 4.11. The summed E-state index contributed by atoms with van der Waals surface area (Å²) in [7, 11) is 0. The van der Waals surface area contributed by atoms with E-state index in [1.54, 1.807) is 6.92 Å². The van der Waals surface area contributed by atoms with E-state index in [-0.39, 0.29) is 16.0 Å². The molecule has 0 aliphatic rings. The number of carbonyl (C=O) groups is 1. The number of esters is 1. The van der Waals surface area contributed by atoms with Gasteiger partial charge in [-0.15, -0.1) is 0 Å². The van der Waals surface area contributed by atoms with Crippen molar-refractivity contribution in [1.29, 1.82) is 0 Å². The fourth-order valence-corrected chi connectivity index (χ4v) is 1.71. The van der Waals surface area contributed by atoms with Crippen molar-refractivity contribution < 1.29 is 22.7 Å². The van der Waals surface area contributed by atoms with Gasteiger partial charge in [0.2, 0.25) is 0 Å². The minimum absolute atomic E-state index is 0.126. The van der Waals surface area contributed by atoms with Crippen LogP contribution < -0.4 is 0 Å². The molecule has 0 bridgehead atoms. The van der Waals surface area contributed by atoms with Gasteiger partial charge in [-0.2, -0.15) is 13.2 Å². The minimum atomic E-state index is -4.46. The quantitative estimate of drug-likeness (QED) is 0.470. The highest BCUT2D eigenvalue weighted by Gasteiger charge is 2.34. The van der Waals surface area contributed by atoms with Crippen molar-refractivity contribution >= 4 is 28.6 Å². The van der Waals surface area contributed by atoms with E-state index in [0.717, 1.165) is 12.1 Å². The Labute approximate surface area is 103 Å². The molecule has 0 aliphatic carbocycles. The first-order chi connectivity index (χ1) is 7.36. The van der Waals surface area contributed by atoms with E-state index >= 15 is 0 Å². The first kappa shape index (κ1) is 13.2. The Bertz CT molecular complexity index is 406. The maximum Gasteiger partial charge on any atom is 0.418 e. The topological polar surface area (TPSA) is 39.2 Å². The second kappa shape index (κ2) is 4.98. The van der Waals surface area contributed by atoms with Crippen molar-refractivity contribution in [2.24, 2.45) is 0 Å². The van der Waals surface area contributed by atoms with Crippen LogP contribution in [-0.2, 0) is 10.9 Å². The van der Waals surface area contributed by atoms with Crippen molar-refractivity contribution in [3.8, 4) is 0 Å². The number of hydrogen-bond acceptors (Lipinski definition) is 3. The second-order valence-corrected chi connectivity index (χ2v) is 3.77. The molecule has 1 aromatic heterocycles. The first-order valence-electron chi connectivity index (χ1n) is 4.27. The summed E-state index contributed by atoms with van der Waals surface area (Å²) in [5.41, 5.74) is -0.986. The third kappa shape index (κ3) is 3.06. The predicted octanol–water partition coefficient (Wildman–Crippen LogP) is 2.88. The van der Waals surface area contributed by atoms with Gasteiger partial charge < -0.3 is 4.74 Å². The fraction of sp³-hybridized carbons (Fsp3) is 0.333. The molecular formula is C9H7F3INO2. The zero-order chi connectivity index (χ0) is 12.3. The van der Waals surface area contributed by atoms with Crippen LogP contribution in [0, 0.1) is 3.70 Å². The maximum atomic E-state index is 12.4. The van der Waals surface area contributed by atoms with Gasteiger partial charge in [0.1, 0.15) is 9.39 Å². The summed E-state index contributed by atoms with van der Waals surface area (Å²) < 4.78 is 41.5. The van der Waals surface area contributed by atoms with Gasteiger partial charge in [0.15, 0.2) is 0 Å². The molecule has 0 atom stereocenters. The summed E-state index contributed by atoms with van der Waals surface area (Å²) in [5.74, 6) is -0.728. The summed E-state index contributed by atoms with van der Waals surface area (Å²) in [5, 5.41) is 0. The van der Waals surface area contributed by atoms with E-state index in [2.05, 4.69) is 9.72 Å². The van der Waals surface area contributed by atoms with Crippen LogP contribution >= 0.6 is 22.6 Å². The molecule has 1 heterocycles. The number of aromatic nitrogens is 1. The normalized spacial score (nSPS) is 11.3. The standard InChI is InChI=1S/C9H7F3INO2/c1-2-16-8(15)6-4-3-5(7(13)14-6)9(10,11)12/h3-4H,2H2,1H3. The van der Waals surface area contributed by atoms with E-state index in [1.165, 1.54) is 22.6 Å². The van der Waals surface area contributed by atoms with Crippen LogP contribution in [0.4, 0.5) is 13.2 Å². The largest absolute Gasteiger partial charge is 0.461 e. The summed E-state index contributed by atoms with van der Waals surface area (Å²) >= 11 is 1.43. The Balaban J connectivity index is 3.05. The molecule has 0 fully saturated rings. The SMILES string of the molecule is CCOC(=O)c1ccc(C(F)(F)F)c(I)n1. The van der Waals surface area contributed by atoms with Crippen LogP contribution in [0.5, 0.6) is 0 Å². The van der Waals surface area contributed by atoms with Crippen LogP contribution in [0.1, 0.15) is 23.0 Å². The summed E-state index contributed by atoms with van der Waals surface area (Å²) in [6.45, 7) is 1.76. The van der Waals surface area contributed by atoms with Gasteiger partial charge in [-0.25, -0.2) is 9.78 Å². The number of nitrogens with zero attached hydrogens (tertiary/aromatic N) is 1. The smallest absolute Gasteiger partial charge is 0.418 e. The summed E-state index contributed by atoms with van der Waals surface area (Å²) in [4.78, 5) is 14.7. The third-order valence-corrected chi connectivity index (χ3v) is 2.46.